The molecule has 14 aromatic rings. The smallest absolute Gasteiger partial charge is 0.320 e. The lowest BCUT2D eigenvalue weighted by atomic mass is 10.3. The van der Waals surface area contributed by atoms with Gasteiger partial charge in [-0.05, 0) is 137 Å². The monoisotopic (exact) mass is 2050 g/mol. The Morgan fingerprint density at radius 2 is 0.847 bits per heavy atom. The van der Waals surface area contributed by atoms with E-state index in [2.05, 4.69) is 140 Å². The minimum absolute atomic E-state index is 0.00532. The van der Waals surface area contributed by atoms with Gasteiger partial charge in [-0.25, -0.2) is 47.3 Å². The molecule has 0 aliphatic heterocycles. The van der Waals surface area contributed by atoms with Crippen molar-refractivity contribution in [3.05, 3.63) is 166 Å². The quantitative estimate of drug-likeness (QED) is 0.00447. The number of hydrogen-bond acceptors (Lipinski definition) is 49. The molecule has 137 heavy (non-hydrogen) atoms. The standard InChI is InChI=1S/C37H35N19O9S5.C31H23N19O13S4/c1-21-29(47-49-33-23(18-38)19-42-53(33)25-8-12-27(13-9-25)68(58,59)15-5-17-70(63,64)65)31(39)55(51-21)35-44-36(46-37(57)45-35)56-32(40)30(22(2)52-56)48-50-34-28(41-3)20-43-54(34)24-6-10-26(11-7-24)67(66)14-4-16-69(60,61)62;1-13-23(41-43-27-15(10-32)11-36-47(27)19-9-17(66(54,55)56)5-6-21(19)65-63-61-53)25(33)49(45-13)29-38-30(40-31(51)39-29)50-26(34)24(14(2)46-50)42-44-28-18(35-3)12-37-48(28)20-8-16(64-62-60-52)4-7-22(20)67(57,58)59/h6-13,19-20H,4-5,14-17,39-40H2,1-2H3,(H,60,61,62)(H,63,64,65)(H,44,45,46,57);4-9,11-12,52-53H,33-34H2,1-2H3,(H,54,55,56)(H,57,58,59)(H,38,39,40,51). The van der Waals surface area contributed by atoms with Gasteiger partial charge in [0.05, 0.1) is 139 Å². The molecule has 1 atom stereocenters. The first kappa shape index (κ1) is 98.9. The van der Waals surface area contributed by atoms with Crippen molar-refractivity contribution in [1.29, 1.82) is 10.5 Å². The van der Waals surface area contributed by atoms with Gasteiger partial charge >= 0.3 is 12.0 Å². The number of aromatic nitrogens is 22. The molecule has 706 valence electrons. The second-order valence-corrected chi connectivity index (χ2v) is 39.4. The van der Waals surface area contributed by atoms with Crippen LogP contribution in [0.4, 0.5) is 80.7 Å². The number of sulfone groups is 1. The van der Waals surface area contributed by atoms with Crippen LogP contribution in [-0.2, 0) is 89.7 Å². The summed E-state index contributed by atoms with van der Waals surface area (Å²) >= 11 is 6.40. The molecule has 10 heterocycles. The summed E-state index contributed by atoms with van der Waals surface area (Å²) in [6.07, 6.45) is 4.50. The van der Waals surface area contributed by atoms with Crippen molar-refractivity contribution in [3.8, 4) is 70.7 Å². The maximum absolute atomic E-state index is 12.8. The summed E-state index contributed by atoms with van der Waals surface area (Å²) in [5.74, 6) is -4.24. The zero-order chi connectivity index (χ0) is 99.1. The van der Waals surface area contributed by atoms with Crippen molar-refractivity contribution in [2.45, 2.75) is 69.9 Å². The molecule has 0 fully saturated rings. The largest absolute Gasteiger partial charge is 0.479 e. The van der Waals surface area contributed by atoms with Gasteiger partial charge in [-0.3, -0.25) is 18.2 Å². The lowest BCUT2D eigenvalue weighted by Gasteiger charge is -2.10. The van der Waals surface area contributed by atoms with E-state index in [0.717, 1.165) is 69.6 Å². The first-order valence-electron chi connectivity index (χ1n) is 37.1. The van der Waals surface area contributed by atoms with Crippen LogP contribution in [0.15, 0.2) is 180 Å². The normalized spacial score (nSPS) is 12.4. The highest BCUT2D eigenvalue weighted by Crippen LogP contribution is 2.42. The van der Waals surface area contributed by atoms with Gasteiger partial charge in [0.2, 0.25) is 0 Å². The summed E-state index contributed by atoms with van der Waals surface area (Å²) < 4.78 is 173. The number of nitrogen functional groups attached to an aromatic ring is 4. The number of anilines is 4. The Labute approximate surface area is 782 Å². The first-order chi connectivity index (χ1) is 64.9. The summed E-state index contributed by atoms with van der Waals surface area (Å²) in [5, 5.41) is 133. The van der Waals surface area contributed by atoms with Crippen LogP contribution in [0.25, 0.3) is 56.2 Å². The maximum Gasteiger partial charge on any atom is 0.320 e. The molecule has 4 aromatic carbocycles. The van der Waals surface area contributed by atoms with E-state index in [9.17, 15) is 71.9 Å². The Morgan fingerprint density at radius 1 is 0.460 bits per heavy atom. The van der Waals surface area contributed by atoms with Crippen LogP contribution in [0.1, 0.15) is 46.7 Å². The Balaban J connectivity index is 0.000000232. The Morgan fingerprint density at radius 3 is 1.28 bits per heavy atom. The highest BCUT2D eigenvalue weighted by atomic mass is 32.8. The topological polar surface area (TPSA) is 849 Å². The third-order valence-corrected chi connectivity index (χ3v) is 27.1. The van der Waals surface area contributed by atoms with Crippen molar-refractivity contribution in [2.75, 3.05) is 45.9 Å². The number of nitriles is 2. The molecule has 0 amide bonds. The van der Waals surface area contributed by atoms with E-state index in [4.69, 9.17) is 66.9 Å². The average molecular weight is 2050 g/mol. The van der Waals surface area contributed by atoms with Crippen LogP contribution < -0.4 is 22.9 Å². The molecule has 0 saturated heterocycles. The van der Waals surface area contributed by atoms with Crippen LogP contribution in [0.3, 0.4) is 0 Å². The molecule has 0 spiro atoms. The van der Waals surface area contributed by atoms with Gasteiger partial charge in [0, 0.05) is 15.5 Å². The van der Waals surface area contributed by atoms with Gasteiger partial charge in [-0.2, -0.15) is 134 Å². The van der Waals surface area contributed by atoms with Gasteiger partial charge in [0.25, 0.3) is 75.6 Å². The molecule has 0 radical (unpaired) electrons. The lowest BCUT2D eigenvalue weighted by Crippen LogP contribution is -2.13. The van der Waals surface area contributed by atoms with Gasteiger partial charge in [-0.1, -0.05) is 19.5 Å². The predicted octanol–water partition coefficient (Wildman–Crippen LogP) is 8.83. The van der Waals surface area contributed by atoms with Crippen molar-refractivity contribution in [1.82, 2.24) is 108 Å². The van der Waals surface area contributed by atoms with E-state index in [0.29, 0.717) is 35.5 Å². The van der Waals surface area contributed by atoms with Crippen LogP contribution >= 0.6 is 24.1 Å². The van der Waals surface area contributed by atoms with E-state index >= 15 is 0 Å². The van der Waals surface area contributed by atoms with E-state index < -0.39 is 111 Å². The van der Waals surface area contributed by atoms with Gasteiger partial charge in [0.15, 0.2) is 79.1 Å². The summed E-state index contributed by atoms with van der Waals surface area (Å²) in [5.41, 5.74) is 26.2. The number of rotatable bonds is 34. The van der Waals surface area contributed by atoms with Gasteiger partial charge in [-0.15, -0.1) is 49.6 Å². The molecule has 0 saturated carbocycles. The van der Waals surface area contributed by atoms with Gasteiger partial charge < -0.3 is 33.1 Å². The van der Waals surface area contributed by atoms with Crippen LogP contribution in [-0.4, -0.2) is 212 Å². The predicted molar refractivity (Wildman–Crippen MR) is 474 cm³/mol. The zero-order valence-electron chi connectivity index (χ0n) is 69.1. The van der Waals surface area contributed by atoms with E-state index in [1.54, 1.807) is 31.2 Å². The number of nitrogens with zero attached hydrogens (tertiary/aromatic N) is 34. The number of aryl methyl sites for hydroxylation is 4. The SMILES string of the molecule is [C-]#[N+]c1cnn(-c2cc(SOOO)ccc2S(=O)(=O)O)c1N=Nc1c(C)nn(-c2nc(O)nc(-n3nc(C)c(N=Nc4c(C#N)cnn4-c4cc(S(=O)(=O)O)ccc4SOOO)c3N)n2)c1N.[C-]#[N+]c1cnn(-c2ccc(S(=S)CCCS(=O)(=O)O)cc2)c1N=Nc1c(C)nn(-c2nc(O)nc(-n3nc(C)c(N=Nc4c(C#N)cnn4-c4ccc(S(=O)(=O)CCCS(=O)(=O)O)cc4)c3N)n2)c1N. The molecule has 16 N–H and O–H groups in total. The first-order valence-corrected chi connectivity index (χ1v) is 48.6. The van der Waals surface area contributed by atoms with Gasteiger partial charge in [0.1, 0.15) is 28.2 Å². The number of aromatic hydroxyl groups is 2. The maximum atomic E-state index is 12.8. The third-order valence-electron chi connectivity index (χ3n) is 18.2. The van der Waals surface area contributed by atoms with Crippen molar-refractivity contribution in [3.63, 3.8) is 0 Å². The number of nitrogens with two attached hydrogens (primary N) is 4. The van der Waals surface area contributed by atoms with E-state index in [1.165, 1.54) is 78.9 Å². The Kier molecular flexibility index (Phi) is 29.3. The Bertz CT molecular complexity index is 8090. The molecular formula is C68H58N38O22S9. The van der Waals surface area contributed by atoms with E-state index in [1.807, 2.05) is 12.1 Å². The summed E-state index contributed by atoms with van der Waals surface area (Å²) in [4.78, 5) is 30.8. The fraction of sp³-hybridized carbons (Fsp3) is 0.147. The summed E-state index contributed by atoms with van der Waals surface area (Å²) in [6.45, 7) is 21.3. The van der Waals surface area contributed by atoms with Crippen molar-refractivity contribution in [2.24, 2.45) is 40.9 Å². The summed E-state index contributed by atoms with van der Waals surface area (Å²) in [6, 6.07) is 20.9. The average Bonchev–Trinajstić information content (AvgIpc) is 1.68. The Hall–Kier alpha value is -15.6. The van der Waals surface area contributed by atoms with Crippen molar-refractivity contribution >= 4 is 176 Å². The molecule has 60 nitrogen and oxygen atoms in total. The number of azo groups is 4. The third kappa shape index (κ3) is 22.2. The fourth-order valence-electron chi connectivity index (χ4n) is 12.0. The molecular weight excluding hydrogens is 1990 g/mol. The molecule has 1 unspecified atom stereocenters. The van der Waals surface area contributed by atoms with Crippen LogP contribution in [0.5, 0.6) is 12.0 Å². The molecule has 0 bridgehead atoms. The van der Waals surface area contributed by atoms with Crippen molar-refractivity contribution < 1.29 is 99.8 Å². The second kappa shape index (κ2) is 40.7. The van der Waals surface area contributed by atoms with E-state index in [-0.39, 0.29) is 171 Å². The highest BCUT2D eigenvalue weighted by molar-refractivity contribution is 8.28. The molecule has 14 rings (SSSR count). The lowest BCUT2D eigenvalue weighted by molar-refractivity contribution is -0.432. The molecule has 0 aliphatic carbocycles. The van der Waals surface area contributed by atoms with Crippen LogP contribution in [0, 0.1) is 63.5 Å². The zero-order valence-corrected chi connectivity index (χ0v) is 76.5. The highest BCUT2D eigenvalue weighted by Gasteiger charge is 2.30. The molecule has 0 aliphatic rings. The minimum Gasteiger partial charge on any atom is -0.479 e. The van der Waals surface area contributed by atoms with Crippen LogP contribution in [0.2, 0.25) is 0 Å². The fourth-order valence-corrected chi connectivity index (χ4v) is 18.5. The number of hydrogen-bond donors (Lipinski definition) is 12. The second-order valence-electron chi connectivity index (χ2n) is 27.1. The molecule has 69 heteroatoms. The summed E-state index contributed by atoms with van der Waals surface area (Å²) in [7, 11) is -22.7. The minimum atomic E-state index is -4.89. The molecule has 10 aromatic heterocycles. The number of benzene rings is 4.